The van der Waals surface area contributed by atoms with Gasteiger partial charge in [0.05, 0.1) is 28.8 Å². The van der Waals surface area contributed by atoms with E-state index in [-0.39, 0.29) is 18.4 Å². The minimum atomic E-state index is -4.44. The number of nitrogens with zero attached hydrogens (tertiary/aromatic N) is 3. The van der Waals surface area contributed by atoms with Crippen LogP contribution in [0.3, 0.4) is 0 Å². The van der Waals surface area contributed by atoms with Gasteiger partial charge in [-0.15, -0.1) is 11.3 Å². The highest BCUT2D eigenvalue weighted by Gasteiger charge is 2.43. The first kappa shape index (κ1) is 24.2. The van der Waals surface area contributed by atoms with Crippen molar-refractivity contribution in [1.29, 1.82) is 5.26 Å². The lowest BCUT2D eigenvalue weighted by Gasteiger charge is -2.49. The van der Waals surface area contributed by atoms with Crippen LogP contribution in [0.15, 0.2) is 60.0 Å². The number of anilines is 2. The molecule has 2 aliphatic heterocycles. The standard InChI is InChI=1S/C27H25F3N4OS/c28-27(29,30)20-7-8-24-19(14-20)15-22(26(35)32-10-9-21-5-3-13-36-21)25-17-33(11-12-34(24)25)23-6-2-1-4-18(23)16-31/h1-8,13-14,22,25H,9-12,15,17H2,(H,32,35). The Kier molecular flexibility index (Phi) is 6.63. The van der Waals surface area contributed by atoms with E-state index in [0.717, 1.165) is 22.3 Å². The average Bonchev–Trinajstić information content (AvgIpc) is 3.40. The zero-order valence-corrected chi connectivity index (χ0v) is 20.3. The van der Waals surface area contributed by atoms with Crippen molar-refractivity contribution in [3.63, 3.8) is 0 Å². The molecule has 2 aromatic carbocycles. The fourth-order valence-corrected chi connectivity index (χ4v) is 5.97. The van der Waals surface area contributed by atoms with E-state index in [1.165, 1.54) is 12.1 Å². The Morgan fingerprint density at radius 1 is 1.11 bits per heavy atom. The minimum absolute atomic E-state index is 0.153. The lowest BCUT2D eigenvalue weighted by atomic mass is 9.82. The quantitative estimate of drug-likeness (QED) is 0.533. The second kappa shape index (κ2) is 9.86. The molecule has 1 amide bonds. The van der Waals surface area contributed by atoms with Crippen molar-refractivity contribution >= 4 is 28.6 Å². The first-order valence-corrected chi connectivity index (χ1v) is 12.7. The van der Waals surface area contributed by atoms with Gasteiger partial charge in [0.25, 0.3) is 0 Å². The number of hydrogen-bond donors (Lipinski definition) is 1. The lowest BCUT2D eigenvalue weighted by molar-refractivity contribution is -0.137. The van der Waals surface area contributed by atoms with Crippen molar-refractivity contribution in [2.75, 3.05) is 36.0 Å². The highest BCUT2D eigenvalue weighted by Crippen LogP contribution is 2.40. The lowest BCUT2D eigenvalue weighted by Crippen LogP contribution is -2.61. The smallest absolute Gasteiger partial charge is 0.367 e. The number of alkyl halides is 3. The number of piperazine rings is 1. The Bertz CT molecular complexity index is 1280. The van der Waals surface area contributed by atoms with E-state index >= 15 is 0 Å². The summed E-state index contributed by atoms with van der Waals surface area (Å²) in [6.45, 7) is 2.12. The summed E-state index contributed by atoms with van der Waals surface area (Å²) in [5.41, 5.74) is 1.98. The Morgan fingerprint density at radius 3 is 2.69 bits per heavy atom. The highest BCUT2D eigenvalue weighted by atomic mass is 32.1. The molecule has 0 bridgehead atoms. The number of nitriles is 1. The predicted octanol–water partition coefficient (Wildman–Crippen LogP) is 4.86. The summed E-state index contributed by atoms with van der Waals surface area (Å²) in [5.74, 6) is -0.665. The predicted molar refractivity (Wildman–Crippen MR) is 134 cm³/mol. The summed E-state index contributed by atoms with van der Waals surface area (Å²) >= 11 is 1.63. The molecule has 9 heteroatoms. The van der Waals surface area contributed by atoms with Crippen LogP contribution in [0.2, 0.25) is 0 Å². The van der Waals surface area contributed by atoms with Crippen molar-refractivity contribution < 1.29 is 18.0 Å². The molecule has 2 aliphatic rings. The van der Waals surface area contributed by atoms with Gasteiger partial charge in [0, 0.05) is 36.7 Å². The number of hydrogen-bond acceptors (Lipinski definition) is 5. The molecular weight excluding hydrogens is 485 g/mol. The van der Waals surface area contributed by atoms with E-state index in [2.05, 4.69) is 21.2 Å². The van der Waals surface area contributed by atoms with Crippen molar-refractivity contribution in [1.82, 2.24) is 5.32 Å². The first-order chi connectivity index (χ1) is 17.3. The SMILES string of the molecule is N#Cc1ccccc1N1CCN2c3ccc(C(F)(F)F)cc3CC(C(=O)NCCc3cccs3)C2C1. The molecule has 0 radical (unpaired) electrons. The van der Waals surface area contributed by atoms with Crippen LogP contribution in [0.4, 0.5) is 24.5 Å². The van der Waals surface area contributed by atoms with E-state index in [9.17, 15) is 23.2 Å². The Hall–Kier alpha value is -3.51. The molecule has 2 unspecified atom stereocenters. The molecule has 1 N–H and O–H groups in total. The minimum Gasteiger partial charge on any atom is -0.367 e. The Labute approximate surface area is 211 Å². The third-order valence-electron chi connectivity index (χ3n) is 6.99. The van der Waals surface area contributed by atoms with Gasteiger partial charge in [0.2, 0.25) is 5.91 Å². The number of carbonyl (C=O) groups excluding carboxylic acids is 1. The third-order valence-corrected chi connectivity index (χ3v) is 7.93. The van der Waals surface area contributed by atoms with Crippen LogP contribution >= 0.6 is 11.3 Å². The van der Waals surface area contributed by atoms with Gasteiger partial charge in [-0.2, -0.15) is 18.4 Å². The first-order valence-electron chi connectivity index (χ1n) is 11.9. The summed E-state index contributed by atoms with van der Waals surface area (Å²) in [7, 11) is 0. The monoisotopic (exact) mass is 510 g/mol. The number of benzene rings is 2. The molecule has 5 nitrogen and oxygen atoms in total. The average molecular weight is 511 g/mol. The highest BCUT2D eigenvalue weighted by molar-refractivity contribution is 7.09. The number of rotatable bonds is 5. The van der Waals surface area contributed by atoms with Gasteiger partial charge in [0.1, 0.15) is 6.07 Å². The van der Waals surface area contributed by atoms with Crippen LogP contribution in [0.25, 0.3) is 0 Å². The fourth-order valence-electron chi connectivity index (χ4n) is 5.26. The van der Waals surface area contributed by atoms with Crippen LogP contribution in [0, 0.1) is 17.2 Å². The van der Waals surface area contributed by atoms with Crippen molar-refractivity contribution in [2.45, 2.75) is 25.1 Å². The summed E-state index contributed by atoms with van der Waals surface area (Å²) in [4.78, 5) is 18.8. The van der Waals surface area contributed by atoms with E-state index in [4.69, 9.17) is 0 Å². The van der Waals surface area contributed by atoms with Gasteiger partial charge in [0.15, 0.2) is 0 Å². The number of thiophene rings is 1. The molecule has 1 aromatic heterocycles. The normalized spacial score (nSPS) is 19.3. The fraction of sp³-hybridized carbons (Fsp3) is 0.333. The molecule has 0 aliphatic carbocycles. The van der Waals surface area contributed by atoms with Crippen LogP contribution in [0.5, 0.6) is 0 Å². The van der Waals surface area contributed by atoms with Crippen LogP contribution < -0.4 is 15.1 Å². The molecule has 186 valence electrons. The van der Waals surface area contributed by atoms with Crippen molar-refractivity contribution in [3.05, 3.63) is 81.5 Å². The van der Waals surface area contributed by atoms with Crippen LogP contribution in [-0.4, -0.2) is 38.1 Å². The number of halogens is 3. The number of fused-ring (bicyclic) bond motifs is 3. The maximum atomic E-state index is 13.4. The molecule has 0 saturated carbocycles. The molecule has 36 heavy (non-hydrogen) atoms. The number of amides is 1. The van der Waals surface area contributed by atoms with Gasteiger partial charge in [-0.3, -0.25) is 4.79 Å². The van der Waals surface area contributed by atoms with E-state index in [0.29, 0.717) is 43.7 Å². The maximum absolute atomic E-state index is 13.4. The molecule has 3 aromatic rings. The summed E-state index contributed by atoms with van der Waals surface area (Å²) < 4.78 is 40.3. The number of nitrogens with one attached hydrogen (secondary N) is 1. The molecular formula is C27H25F3N4OS. The van der Waals surface area contributed by atoms with Crippen LogP contribution in [-0.2, 0) is 23.8 Å². The van der Waals surface area contributed by atoms with E-state index in [1.807, 2.05) is 35.7 Å². The summed E-state index contributed by atoms with van der Waals surface area (Å²) in [6, 6.07) is 17.2. The van der Waals surface area contributed by atoms with Gasteiger partial charge in [-0.05, 0) is 60.2 Å². The topological polar surface area (TPSA) is 59.4 Å². The second-order valence-electron chi connectivity index (χ2n) is 9.11. The van der Waals surface area contributed by atoms with Crippen molar-refractivity contribution in [2.24, 2.45) is 5.92 Å². The molecule has 2 atom stereocenters. The summed E-state index contributed by atoms with van der Waals surface area (Å²) in [6.07, 6.45) is -3.50. The van der Waals surface area contributed by atoms with Gasteiger partial charge >= 0.3 is 6.18 Å². The molecule has 0 spiro atoms. The van der Waals surface area contributed by atoms with Crippen molar-refractivity contribution in [3.8, 4) is 6.07 Å². The summed E-state index contributed by atoms with van der Waals surface area (Å²) in [5, 5.41) is 14.6. The van der Waals surface area contributed by atoms with Gasteiger partial charge in [-0.25, -0.2) is 0 Å². The van der Waals surface area contributed by atoms with E-state index < -0.39 is 17.7 Å². The number of para-hydroxylation sites is 1. The van der Waals surface area contributed by atoms with Gasteiger partial charge < -0.3 is 15.1 Å². The van der Waals surface area contributed by atoms with Gasteiger partial charge in [-0.1, -0.05) is 18.2 Å². The molecule has 3 heterocycles. The maximum Gasteiger partial charge on any atom is 0.416 e. The molecule has 1 saturated heterocycles. The number of carbonyl (C=O) groups is 1. The third kappa shape index (κ3) is 4.78. The zero-order valence-electron chi connectivity index (χ0n) is 19.5. The van der Waals surface area contributed by atoms with Crippen LogP contribution in [0.1, 0.15) is 21.6 Å². The Morgan fingerprint density at radius 2 is 1.94 bits per heavy atom. The molecule has 1 fully saturated rings. The second-order valence-corrected chi connectivity index (χ2v) is 10.1. The Balaban J connectivity index is 1.43. The molecule has 5 rings (SSSR count). The largest absolute Gasteiger partial charge is 0.416 e. The van der Waals surface area contributed by atoms with E-state index in [1.54, 1.807) is 17.4 Å². The zero-order chi connectivity index (χ0) is 25.3.